The highest BCUT2D eigenvalue weighted by Crippen LogP contribution is 2.28. The molecule has 2 nitrogen and oxygen atoms in total. The van der Waals surface area contributed by atoms with Crippen LogP contribution >= 0.6 is 39.9 Å². The van der Waals surface area contributed by atoms with Gasteiger partial charge in [0.25, 0.3) is 0 Å². The molecule has 1 aromatic rings. The van der Waals surface area contributed by atoms with Crippen LogP contribution in [0.4, 0.5) is 0 Å². The fourth-order valence-corrected chi connectivity index (χ4v) is 3.29. The summed E-state index contributed by atoms with van der Waals surface area (Å²) >= 11 is 9.37. The largest absolute Gasteiger partial charge is 0.492 e. The van der Waals surface area contributed by atoms with E-state index in [1.54, 1.807) is 0 Å². The zero-order valence-electron chi connectivity index (χ0n) is 12.5. The number of benzene rings is 1. The Morgan fingerprint density at radius 1 is 1.29 bits per heavy atom. The smallest absolute Gasteiger partial charge is 0.133 e. The molecule has 120 valence electrons. The zero-order valence-corrected chi connectivity index (χ0v) is 15.6. The number of piperidine rings is 1. The van der Waals surface area contributed by atoms with Crippen molar-refractivity contribution in [1.82, 2.24) is 4.90 Å². The molecule has 1 heterocycles. The highest BCUT2D eigenvalue weighted by Gasteiger charge is 2.14. The molecular weight excluding hydrogens is 373 g/mol. The van der Waals surface area contributed by atoms with Gasteiger partial charge in [-0.05, 0) is 85.4 Å². The van der Waals surface area contributed by atoms with Crippen LogP contribution in [-0.2, 0) is 0 Å². The molecule has 1 aliphatic rings. The summed E-state index contributed by atoms with van der Waals surface area (Å²) in [6.45, 7) is 6.87. The highest BCUT2D eigenvalue weighted by molar-refractivity contribution is 9.10. The Hall–Kier alpha value is 0.0400. The molecule has 2 rings (SSSR count). The Morgan fingerprint density at radius 3 is 2.67 bits per heavy atom. The summed E-state index contributed by atoms with van der Waals surface area (Å²) in [4.78, 5) is 2.58. The van der Waals surface area contributed by atoms with Crippen molar-refractivity contribution in [2.24, 2.45) is 5.92 Å². The van der Waals surface area contributed by atoms with Gasteiger partial charge < -0.3 is 9.64 Å². The molecule has 0 aliphatic carbocycles. The van der Waals surface area contributed by atoms with E-state index in [4.69, 9.17) is 16.3 Å². The normalized spacial score (nSPS) is 16.5. The second kappa shape index (κ2) is 9.94. The molecule has 0 radical (unpaired) electrons. The molecular formula is C16H24BrCl2NO. The molecule has 1 fully saturated rings. The van der Waals surface area contributed by atoms with Gasteiger partial charge in [-0.1, -0.05) is 18.5 Å². The van der Waals surface area contributed by atoms with E-state index in [-0.39, 0.29) is 12.4 Å². The van der Waals surface area contributed by atoms with Gasteiger partial charge in [0.2, 0.25) is 0 Å². The Balaban J connectivity index is 0.00000220. The summed E-state index contributed by atoms with van der Waals surface area (Å²) < 4.78 is 6.70. The molecule has 1 aromatic carbocycles. The van der Waals surface area contributed by atoms with Gasteiger partial charge in [-0.2, -0.15) is 0 Å². The molecule has 5 heteroatoms. The number of likely N-dealkylation sites (tertiary alicyclic amines) is 1. The maximum Gasteiger partial charge on any atom is 0.133 e. The molecule has 0 amide bonds. The van der Waals surface area contributed by atoms with Crippen LogP contribution in [-0.4, -0.2) is 31.1 Å². The van der Waals surface area contributed by atoms with Gasteiger partial charge in [-0.3, -0.25) is 0 Å². The molecule has 1 aliphatic heterocycles. The van der Waals surface area contributed by atoms with E-state index in [9.17, 15) is 0 Å². The first-order chi connectivity index (χ1) is 9.65. The number of nitrogens with zero attached hydrogens (tertiary/aromatic N) is 1. The summed E-state index contributed by atoms with van der Waals surface area (Å²) in [5.74, 6) is 1.79. The maximum absolute atomic E-state index is 5.91. The topological polar surface area (TPSA) is 12.5 Å². The lowest BCUT2D eigenvalue weighted by atomic mass is 9.99. The number of rotatable bonds is 6. The molecule has 0 saturated carbocycles. The van der Waals surface area contributed by atoms with Crippen LogP contribution in [0.5, 0.6) is 5.75 Å². The lowest BCUT2D eigenvalue weighted by molar-refractivity contribution is 0.184. The first-order valence-corrected chi connectivity index (χ1v) is 8.62. The lowest BCUT2D eigenvalue weighted by Gasteiger charge is -2.30. The van der Waals surface area contributed by atoms with E-state index < -0.39 is 0 Å². The minimum absolute atomic E-state index is 0. The first kappa shape index (κ1) is 19.1. The van der Waals surface area contributed by atoms with E-state index in [0.29, 0.717) is 0 Å². The van der Waals surface area contributed by atoms with Crippen molar-refractivity contribution in [3.8, 4) is 5.75 Å². The Morgan fingerprint density at radius 2 is 2.00 bits per heavy atom. The molecule has 0 atom stereocenters. The second-order valence-corrected chi connectivity index (χ2v) is 6.95. The Labute approximate surface area is 147 Å². The molecule has 21 heavy (non-hydrogen) atoms. The van der Waals surface area contributed by atoms with Crippen molar-refractivity contribution < 1.29 is 4.74 Å². The first-order valence-electron chi connectivity index (χ1n) is 7.45. The third-order valence-electron chi connectivity index (χ3n) is 3.90. The summed E-state index contributed by atoms with van der Waals surface area (Å²) in [5, 5.41) is 0.726. The third kappa shape index (κ3) is 6.77. The van der Waals surface area contributed by atoms with Gasteiger partial charge in [0.05, 0.1) is 11.1 Å². The van der Waals surface area contributed by atoms with Crippen LogP contribution in [0, 0.1) is 5.92 Å². The minimum Gasteiger partial charge on any atom is -0.492 e. The minimum atomic E-state index is 0. The van der Waals surface area contributed by atoms with E-state index >= 15 is 0 Å². The van der Waals surface area contributed by atoms with E-state index in [2.05, 4.69) is 27.8 Å². The van der Waals surface area contributed by atoms with Crippen molar-refractivity contribution in [1.29, 1.82) is 0 Å². The second-order valence-electron chi connectivity index (χ2n) is 5.65. The van der Waals surface area contributed by atoms with E-state index in [1.165, 1.54) is 38.9 Å². The molecule has 0 N–H and O–H groups in total. The number of hydrogen-bond acceptors (Lipinski definition) is 2. The van der Waals surface area contributed by atoms with E-state index in [1.807, 2.05) is 18.2 Å². The number of halogens is 3. The standard InChI is InChI=1S/C16H23BrClNO.ClH/c1-13-6-9-19(10-7-13)8-2-3-11-20-16-5-4-14(18)12-15(16)17;/h4-5,12-13H,2-3,6-11H2,1H3;1H. The zero-order chi connectivity index (χ0) is 14.4. The maximum atomic E-state index is 5.91. The van der Waals surface area contributed by atoms with Crippen molar-refractivity contribution in [3.63, 3.8) is 0 Å². The van der Waals surface area contributed by atoms with Crippen LogP contribution in [0.1, 0.15) is 32.6 Å². The van der Waals surface area contributed by atoms with Crippen molar-refractivity contribution in [3.05, 3.63) is 27.7 Å². The lowest BCUT2D eigenvalue weighted by Crippen LogP contribution is -2.33. The third-order valence-corrected chi connectivity index (χ3v) is 4.75. The number of ether oxygens (including phenoxy) is 1. The van der Waals surface area contributed by atoms with E-state index in [0.717, 1.165) is 34.2 Å². The molecule has 0 aromatic heterocycles. The summed E-state index contributed by atoms with van der Waals surface area (Å²) in [5.41, 5.74) is 0. The fourth-order valence-electron chi connectivity index (χ4n) is 2.50. The number of unbranched alkanes of at least 4 members (excludes halogenated alkanes) is 1. The fraction of sp³-hybridized carbons (Fsp3) is 0.625. The van der Waals surface area contributed by atoms with Crippen LogP contribution in [0.25, 0.3) is 0 Å². The van der Waals surface area contributed by atoms with Gasteiger partial charge >= 0.3 is 0 Å². The quantitative estimate of drug-likeness (QED) is 0.595. The van der Waals surface area contributed by atoms with Crippen molar-refractivity contribution >= 4 is 39.9 Å². The average molecular weight is 397 g/mol. The van der Waals surface area contributed by atoms with Gasteiger partial charge in [0.15, 0.2) is 0 Å². The van der Waals surface area contributed by atoms with Gasteiger partial charge in [0.1, 0.15) is 5.75 Å². The van der Waals surface area contributed by atoms with Crippen molar-refractivity contribution in [2.45, 2.75) is 32.6 Å². The van der Waals surface area contributed by atoms with Crippen LogP contribution in [0.3, 0.4) is 0 Å². The molecule has 1 saturated heterocycles. The van der Waals surface area contributed by atoms with Crippen LogP contribution in [0.2, 0.25) is 5.02 Å². The monoisotopic (exact) mass is 395 g/mol. The Bertz CT molecular complexity index is 423. The van der Waals surface area contributed by atoms with Crippen LogP contribution < -0.4 is 4.74 Å². The summed E-state index contributed by atoms with van der Waals surface area (Å²) in [6, 6.07) is 5.64. The van der Waals surface area contributed by atoms with Gasteiger partial charge in [-0.15, -0.1) is 12.4 Å². The summed E-state index contributed by atoms with van der Waals surface area (Å²) in [6.07, 6.45) is 5.02. The van der Waals surface area contributed by atoms with Crippen LogP contribution in [0.15, 0.2) is 22.7 Å². The SMILES string of the molecule is CC1CCN(CCCCOc2ccc(Cl)cc2Br)CC1.Cl. The Kier molecular flexibility index (Phi) is 9.03. The van der Waals surface area contributed by atoms with Gasteiger partial charge in [-0.25, -0.2) is 0 Å². The average Bonchev–Trinajstić information content (AvgIpc) is 2.42. The highest BCUT2D eigenvalue weighted by atomic mass is 79.9. The number of hydrogen-bond donors (Lipinski definition) is 0. The molecule has 0 spiro atoms. The molecule has 0 unspecified atom stereocenters. The van der Waals surface area contributed by atoms with Gasteiger partial charge in [0, 0.05) is 5.02 Å². The van der Waals surface area contributed by atoms with Crippen molar-refractivity contribution in [2.75, 3.05) is 26.2 Å². The predicted octanol–water partition coefficient (Wildman–Crippen LogP) is 5.42. The summed E-state index contributed by atoms with van der Waals surface area (Å²) in [7, 11) is 0. The predicted molar refractivity (Wildman–Crippen MR) is 96.0 cm³/mol. The molecule has 0 bridgehead atoms.